The van der Waals surface area contributed by atoms with Crippen LogP contribution in [-0.2, 0) is 6.42 Å². The van der Waals surface area contributed by atoms with Crippen LogP contribution in [0.2, 0.25) is 0 Å². The fourth-order valence-corrected chi connectivity index (χ4v) is 3.72. The van der Waals surface area contributed by atoms with Gasteiger partial charge in [-0.05, 0) is 74.1 Å². The Morgan fingerprint density at radius 2 is 2.05 bits per heavy atom. The molecule has 0 bridgehead atoms. The van der Waals surface area contributed by atoms with Crippen molar-refractivity contribution in [3.8, 4) is 0 Å². The fraction of sp³-hybridized carbons (Fsp3) is 0.722. The molecule has 1 aromatic heterocycles. The van der Waals surface area contributed by atoms with Gasteiger partial charge in [0.25, 0.3) is 0 Å². The smallest absolute Gasteiger partial charge is 0.0299 e. The van der Waals surface area contributed by atoms with Gasteiger partial charge >= 0.3 is 0 Å². The molecule has 0 amide bonds. The predicted molar refractivity (Wildman–Crippen MR) is 85.6 cm³/mol. The van der Waals surface area contributed by atoms with Crippen LogP contribution in [0.3, 0.4) is 0 Å². The van der Waals surface area contributed by atoms with Crippen molar-refractivity contribution in [2.45, 2.75) is 46.5 Å². The Labute approximate surface area is 124 Å². The zero-order valence-corrected chi connectivity index (χ0v) is 13.5. The van der Waals surface area contributed by atoms with Crippen LogP contribution in [0.15, 0.2) is 24.5 Å². The quantitative estimate of drug-likeness (QED) is 0.900. The first-order chi connectivity index (χ1) is 9.50. The van der Waals surface area contributed by atoms with Crippen molar-refractivity contribution in [2.75, 3.05) is 13.6 Å². The molecule has 1 fully saturated rings. The molecule has 1 aliphatic carbocycles. The van der Waals surface area contributed by atoms with Gasteiger partial charge in [-0.2, -0.15) is 0 Å². The van der Waals surface area contributed by atoms with Gasteiger partial charge in [0.05, 0.1) is 0 Å². The van der Waals surface area contributed by atoms with E-state index in [-0.39, 0.29) is 0 Å². The van der Waals surface area contributed by atoms with E-state index in [1.54, 1.807) is 0 Å². The number of aromatic nitrogens is 1. The van der Waals surface area contributed by atoms with Gasteiger partial charge in [0.1, 0.15) is 0 Å². The molecule has 20 heavy (non-hydrogen) atoms. The van der Waals surface area contributed by atoms with E-state index < -0.39 is 0 Å². The number of hydrogen-bond donors (Lipinski definition) is 1. The molecular formula is C18H30N2. The largest absolute Gasteiger partial charge is 0.319 e. The highest BCUT2D eigenvalue weighted by Gasteiger charge is 2.35. The Balaban J connectivity index is 2.07. The van der Waals surface area contributed by atoms with Crippen molar-refractivity contribution in [1.29, 1.82) is 0 Å². The van der Waals surface area contributed by atoms with Gasteiger partial charge in [-0.3, -0.25) is 4.98 Å². The summed E-state index contributed by atoms with van der Waals surface area (Å²) in [5.41, 5.74) is 1.84. The highest BCUT2D eigenvalue weighted by Crippen LogP contribution is 2.43. The molecule has 0 aliphatic heterocycles. The lowest BCUT2D eigenvalue weighted by Gasteiger charge is -2.42. The summed E-state index contributed by atoms with van der Waals surface area (Å²) in [7, 11) is 2.08. The van der Waals surface area contributed by atoms with Crippen molar-refractivity contribution < 1.29 is 0 Å². The molecular weight excluding hydrogens is 244 g/mol. The second kappa shape index (κ2) is 6.71. The van der Waals surface area contributed by atoms with Crippen LogP contribution >= 0.6 is 0 Å². The van der Waals surface area contributed by atoms with E-state index in [9.17, 15) is 0 Å². The van der Waals surface area contributed by atoms with Crippen LogP contribution in [0.1, 0.15) is 45.6 Å². The van der Waals surface area contributed by atoms with Gasteiger partial charge in [0.2, 0.25) is 0 Å². The third kappa shape index (κ3) is 4.05. The molecule has 1 saturated carbocycles. The zero-order valence-electron chi connectivity index (χ0n) is 13.5. The summed E-state index contributed by atoms with van der Waals surface area (Å²) in [5, 5.41) is 3.39. The Morgan fingerprint density at radius 1 is 1.25 bits per heavy atom. The first kappa shape index (κ1) is 15.5. The summed E-state index contributed by atoms with van der Waals surface area (Å²) < 4.78 is 0. The minimum absolute atomic E-state index is 0.442. The second-order valence-electron chi connectivity index (χ2n) is 7.52. The highest BCUT2D eigenvalue weighted by molar-refractivity contribution is 5.10. The highest BCUT2D eigenvalue weighted by atomic mass is 14.8. The van der Waals surface area contributed by atoms with Crippen LogP contribution in [0.4, 0.5) is 0 Å². The standard InChI is InChI=1S/C18H30N2/c1-18(2,3)17-8-7-15(13-19-4)16(11-17)10-14-6-5-9-20-12-14/h5-6,9,12,15-17,19H,7-8,10-11,13H2,1-4H3. The number of nitrogens with zero attached hydrogens (tertiary/aromatic N) is 1. The molecule has 1 N–H and O–H groups in total. The molecule has 112 valence electrons. The summed E-state index contributed by atoms with van der Waals surface area (Å²) in [5.74, 6) is 2.47. The van der Waals surface area contributed by atoms with Crippen molar-refractivity contribution >= 4 is 0 Å². The first-order valence-corrected chi connectivity index (χ1v) is 8.04. The van der Waals surface area contributed by atoms with E-state index in [1.807, 2.05) is 12.4 Å². The van der Waals surface area contributed by atoms with E-state index >= 15 is 0 Å². The van der Waals surface area contributed by atoms with Gasteiger partial charge in [-0.25, -0.2) is 0 Å². The Kier molecular flexibility index (Phi) is 5.20. The minimum Gasteiger partial charge on any atom is -0.319 e. The van der Waals surface area contributed by atoms with Crippen LogP contribution in [0, 0.1) is 23.2 Å². The Morgan fingerprint density at radius 3 is 2.65 bits per heavy atom. The van der Waals surface area contributed by atoms with Gasteiger partial charge in [-0.15, -0.1) is 0 Å². The number of nitrogens with one attached hydrogen (secondary N) is 1. The molecule has 0 radical (unpaired) electrons. The average molecular weight is 274 g/mol. The van der Waals surface area contributed by atoms with E-state index in [1.165, 1.54) is 31.2 Å². The van der Waals surface area contributed by atoms with Gasteiger partial charge in [-0.1, -0.05) is 26.8 Å². The van der Waals surface area contributed by atoms with Gasteiger partial charge < -0.3 is 5.32 Å². The van der Waals surface area contributed by atoms with Crippen LogP contribution < -0.4 is 5.32 Å². The fourth-order valence-electron chi connectivity index (χ4n) is 3.72. The third-order valence-electron chi connectivity index (χ3n) is 5.05. The monoisotopic (exact) mass is 274 g/mol. The average Bonchev–Trinajstić information content (AvgIpc) is 2.41. The number of rotatable bonds is 4. The molecule has 2 heteroatoms. The lowest BCUT2D eigenvalue weighted by molar-refractivity contribution is 0.0980. The van der Waals surface area contributed by atoms with Crippen molar-refractivity contribution in [1.82, 2.24) is 10.3 Å². The van der Waals surface area contributed by atoms with E-state index in [2.05, 4.69) is 50.3 Å². The Hall–Kier alpha value is -0.890. The molecule has 3 atom stereocenters. The molecule has 1 aromatic rings. The zero-order chi connectivity index (χ0) is 14.6. The number of pyridine rings is 1. The third-order valence-corrected chi connectivity index (χ3v) is 5.05. The first-order valence-electron chi connectivity index (χ1n) is 8.04. The molecule has 0 saturated heterocycles. The molecule has 1 heterocycles. The lowest BCUT2D eigenvalue weighted by atomic mass is 9.64. The molecule has 0 aromatic carbocycles. The maximum absolute atomic E-state index is 4.27. The molecule has 0 spiro atoms. The van der Waals surface area contributed by atoms with Crippen molar-refractivity contribution in [2.24, 2.45) is 23.2 Å². The second-order valence-corrected chi connectivity index (χ2v) is 7.52. The summed E-state index contributed by atoms with van der Waals surface area (Å²) in [6.45, 7) is 8.35. The van der Waals surface area contributed by atoms with Crippen LogP contribution in [0.25, 0.3) is 0 Å². The number of hydrogen-bond acceptors (Lipinski definition) is 2. The summed E-state index contributed by atoms with van der Waals surface area (Å²) in [4.78, 5) is 4.27. The van der Waals surface area contributed by atoms with E-state index in [0.717, 1.165) is 24.3 Å². The van der Waals surface area contributed by atoms with Crippen LogP contribution in [0.5, 0.6) is 0 Å². The van der Waals surface area contributed by atoms with Gasteiger partial charge in [0.15, 0.2) is 0 Å². The molecule has 1 aliphatic rings. The summed E-state index contributed by atoms with van der Waals surface area (Å²) >= 11 is 0. The molecule has 3 unspecified atom stereocenters. The van der Waals surface area contributed by atoms with Crippen molar-refractivity contribution in [3.05, 3.63) is 30.1 Å². The molecule has 2 nitrogen and oxygen atoms in total. The lowest BCUT2D eigenvalue weighted by Crippen LogP contribution is -2.36. The SMILES string of the molecule is CNCC1CCC(C(C)(C)C)CC1Cc1cccnc1. The summed E-state index contributed by atoms with van der Waals surface area (Å²) in [6.07, 6.45) is 9.22. The maximum Gasteiger partial charge on any atom is 0.0299 e. The van der Waals surface area contributed by atoms with E-state index in [0.29, 0.717) is 5.41 Å². The summed E-state index contributed by atoms with van der Waals surface area (Å²) in [6, 6.07) is 4.29. The maximum atomic E-state index is 4.27. The van der Waals surface area contributed by atoms with Gasteiger partial charge in [0, 0.05) is 12.4 Å². The normalized spacial score (nSPS) is 27.5. The molecule has 2 rings (SSSR count). The van der Waals surface area contributed by atoms with Crippen LogP contribution in [-0.4, -0.2) is 18.6 Å². The minimum atomic E-state index is 0.442. The van der Waals surface area contributed by atoms with Crippen molar-refractivity contribution in [3.63, 3.8) is 0 Å². The Bertz CT molecular complexity index is 394. The topological polar surface area (TPSA) is 24.9 Å². The van der Waals surface area contributed by atoms with E-state index in [4.69, 9.17) is 0 Å². The predicted octanol–water partition coefficient (Wildman–Crippen LogP) is 3.92.